The molecule has 0 spiro atoms. The molecule has 7 rings (SSSR count). The van der Waals surface area contributed by atoms with Crippen LogP contribution in [0, 0.1) is 0 Å². The van der Waals surface area contributed by atoms with Crippen molar-refractivity contribution in [2.24, 2.45) is 0 Å². The van der Waals surface area contributed by atoms with Crippen LogP contribution < -0.4 is 20.7 Å². The third kappa shape index (κ3) is 6.51. The first-order chi connectivity index (χ1) is 23.5. The van der Waals surface area contributed by atoms with Crippen molar-refractivity contribution in [1.82, 2.24) is 29.7 Å². The Balaban J connectivity index is 1.07. The molecule has 0 saturated carbocycles. The van der Waals surface area contributed by atoms with Crippen LogP contribution in [0.15, 0.2) is 36.7 Å². The zero-order chi connectivity index (χ0) is 34.4. The summed E-state index contributed by atoms with van der Waals surface area (Å²) >= 11 is 1.41. The number of nitrogens with one attached hydrogen (secondary N) is 1. The molecule has 1 aromatic carbocycles. The number of hydrogen-bond donors (Lipinski definition) is 2. The van der Waals surface area contributed by atoms with Crippen molar-refractivity contribution in [2.75, 3.05) is 57.0 Å². The fraction of sp³-hybridized carbons (Fsp3) is 0.500. The number of carbonyl (C=O) groups excluding carboxylic acids is 3. The second kappa shape index (κ2) is 12.9. The monoisotopic (exact) mass is 690 g/mol. The van der Waals surface area contributed by atoms with Crippen LogP contribution in [-0.2, 0) is 9.47 Å². The molecule has 15 heteroatoms. The Bertz CT molecular complexity index is 1900. The number of nitrogen functional groups attached to an aromatic ring is 1. The Morgan fingerprint density at radius 2 is 1.82 bits per heavy atom. The number of hydrogen-bond acceptors (Lipinski definition) is 11. The molecular formula is C34H42N8O6S. The lowest BCUT2D eigenvalue weighted by Gasteiger charge is -2.39. The number of piperidine rings is 1. The van der Waals surface area contributed by atoms with Crippen LogP contribution in [0.1, 0.15) is 61.3 Å². The molecule has 6 heterocycles. The number of likely N-dealkylation sites (tertiary alicyclic amines) is 2. The summed E-state index contributed by atoms with van der Waals surface area (Å²) in [5, 5.41) is 8.71. The van der Waals surface area contributed by atoms with Crippen molar-refractivity contribution in [1.29, 1.82) is 0 Å². The number of amides is 3. The normalized spacial score (nSPS) is 20.0. The van der Waals surface area contributed by atoms with E-state index in [9.17, 15) is 14.4 Å². The van der Waals surface area contributed by atoms with Gasteiger partial charge in [-0.3, -0.25) is 4.79 Å². The molecule has 3 aliphatic heterocycles. The summed E-state index contributed by atoms with van der Waals surface area (Å²) in [6.45, 7) is 8.79. The highest BCUT2D eigenvalue weighted by Gasteiger charge is 2.37. The number of nitrogens with two attached hydrogens (primary N) is 1. The number of anilines is 2. The highest BCUT2D eigenvalue weighted by molar-refractivity contribution is 7.21. The molecule has 2 atom stereocenters. The molecule has 0 bridgehead atoms. The van der Waals surface area contributed by atoms with Crippen LogP contribution >= 0.6 is 11.3 Å². The summed E-state index contributed by atoms with van der Waals surface area (Å²) in [6, 6.07) is 9.80. The van der Waals surface area contributed by atoms with Gasteiger partial charge in [-0.1, -0.05) is 12.1 Å². The van der Waals surface area contributed by atoms with E-state index in [0.717, 1.165) is 52.8 Å². The lowest BCUT2D eigenvalue weighted by molar-refractivity contribution is -0.0218. The second-order valence-electron chi connectivity index (χ2n) is 13.9. The molecule has 260 valence electrons. The van der Waals surface area contributed by atoms with E-state index in [1.807, 2.05) is 49.6 Å². The summed E-state index contributed by atoms with van der Waals surface area (Å²) in [5.41, 5.74) is 8.45. The summed E-state index contributed by atoms with van der Waals surface area (Å²) < 4.78 is 19.6. The molecule has 0 aliphatic carbocycles. The summed E-state index contributed by atoms with van der Waals surface area (Å²) in [4.78, 5) is 49.0. The van der Waals surface area contributed by atoms with E-state index in [0.29, 0.717) is 49.2 Å². The van der Waals surface area contributed by atoms with Crippen LogP contribution in [0.5, 0.6) is 5.75 Å². The lowest BCUT2D eigenvalue weighted by Crippen LogP contribution is -2.57. The largest absolute Gasteiger partial charge is 0.484 e. The van der Waals surface area contributed by atoms with Crippen molar-refractivity contribution in [3.8, 4) is 5.75 Å². The maximum absolute atomic E-state index is 13.9. The third-order valence-electron chi connectivity index (χ3n) is 9.27. The van der Waals surface area contributed by atoms with Crippen molar-refractivity contribution in [2.45, 2.75) is 63.7 Å². The van der Waals surface area contributed by atoms with Gasteiger partial charge in [-0.05, 0) is 58.2 Å². The van der Waals surface area contributed by atoms with Gasteiger partial charge in [0, 0.05) is 48.2 Å². The van der Waals surface area contributed by atoms with Crippen LogP contribution in [0.2, 0.25) is 0 Å². The minimum Gasteiger partial charge on any atom is -0.484 e. The van der Waals surface area contributed by atoms with Gasteiger partial charge in [0.1, 0.15) is 28.4 Å². The van der Waals surface area contributed by atoms with Crippen molar-refractivity contribution < 1.29 is 28.6 Å². The van der Waals surface area contributed by atoms with Crippen molar-refractivity contribution in [3.05, 3.63) is 47.2 Å². The molecule has 14 nitrogen and oxygen atoms in total. The fourth-order valence-electron chi connectivity index (χ4n) is 6.91. The molecule has 49 heavy (non-hydrogen) atoms. The van der Waals surface area contributed by atoms with E-state index >= 15 is 0 Å². The maximum atomic E-state index is 13.9. The van der Waals surface area contributed by atoms with Gasteiger partial charge >= 0.3 is 12.2 Å². The zero-order valence-electron chi connectivity index (χ0n) is 28.2. The maximum Gasteiger partial charge on any atom is 0.410 e. The third-order valence-corrected chi connectivity index (χ3v) is 10.4. The summed E-state index contributed by atoms with van der Waals surface area (Å²) in [6.07, 6.45) is 2.96. The Labute approximate surface area is 288 Å². The van der Waals surface area contributed by atoms with Gasteiger partial charge in [-0.2, -0.15) is 5.10 Å². The van der Waals surface area contributed by atoms with Crippen LogP contribution in [0.3, 0.4) is 0 Å². The molecule has 3 aromatic heterocycles. The average molecular weight is 691 g/mol. The van der Waals surface area contributed by atoms with Gasteiger partial charge in [0.2, 0.25) is 0 Å². The lowest BCUT2D eigenvalue weighted by atomic mass is 10.0. The predicted octanol–water partition coefficient (Wildman–Crippen LogP) is 4.48. The van der Waals surface area contributed by atoms with Crippen LogP contribution in [0.4, 0.5) is 21.1 Å². The average Bonchev–Trinajstić information content (AvgIpc) is 3.78. The van der Waals surface area contributed by atoms with E-state index in [2.05, 4.69) is 26.4 Å². The Kier molecular flexibility index (Phi) is 8.63. The first kappa shape index (κ1) is 32.7. The fourth-order valence-corrected chi connectivity index (χ4v) is 7.95. The smallest absolute Gasteiger partial charge is 0.410 e. The van der Waals surface area contributed by atoms with E-state index < -0.39 is 5.60 Å². The number of aromatic nitrogens is 3. The molecule has 4 aromatic rings. The number of benzene rings is 1. The van der Waals surface area contributed by atoms with E-state index in [1.54, 1.807) is 9.80 Å². The number of methoxy groups -OCH3 is 1. The molecule has 3 fully saturated rings. The van der Waals surface area contributed by atoms with Gasteiger partial charge in [-0.15, -0.1) is 11.3 Å². The molecular weight excluding hydrogens is 648 g/mol. The van der Waals surface area contributed by atoms with Gasteiger partial charge in [-0.25, -0.2) is 19.1 Å². The zero-order valence-corrected chi connectivity index (χ0v) is 29.0. The second-order valence-corrected chi connectivity index (χ2v) is 15.0. The first-order valence-corrected chi connectivity index (χ1v) is 17.5. The Morgan fingerprint density at radius 3 is 2.59 bits per heavy atom. The number of fused-ring (bicyclic) bond motifs is 2. The van der Waals surface area contributed by atoms with E-state index in [-0.39, 0.29) is 36.2 Å². The van der Waals surface area contributed by atoms with Gasteiger partial charge < -0.3 is 40.0 Å². The summed E-state index contributed by atoms with van der Waals surface area (Å²) in [5.74, 6) is 0.794. The number of carbonyl (C=O) groups is 3. The Hall–Kier alpha value is -4.79. The predicted molar refractivity (Wildman–Crippen MR) is 185 cm³/mol. The highest BCUT2D eigenvalue weighted by Crippen LogP contribution is 2.40. The molecule has 3 N–H and O–H groups in total. The number of thiophene rings is 1. The molecule has 3 amide bonds. The SMILES string of the molecule is COC(=O)N1CCC(c2cc(N3CCC[C@@H](NC(=O)c4sc5ccccc5c4OC4CN(C(=O)OC(C)(C)C)C4)C3)c3c(N)ncnn23)C1. The van der Waals surface area contributed by atoms with Crippen molar-refractivity contribution >= 4 is 56.5 Å². The topological polar surface area (TPSA) is 157 Å². The number of ether oxygens (including phenoxy) is 3. The van der Waals surface area contributed by atoms with Gasteiger partial charge in [0.25, 0.3) is 5.91 Å². The minimum absolute atomic E-state index is 0.0632. The molecule has 3 aliphatic rings. The van der Waals surface area contributed by atoms with Crippen LogP contribution in [0.25, 0.3) is 15.6 Å². The summed E-state index contributed by atoms with van der Waals surface area (Å²) in [7, 11) is 1.39. The minimum atomic E-state index is -0.576. The van der Waals surface area contributed by atoms with Gasteiger partial charge in [0.15, 0.2) is 11.6 Å². The van der Waals surface area contributed by atoms with E-state index in [1.165, 1.54) is 24.8 Å². The first-order valence-electron chi connectivity index (χ1n) is 16.7. The van der Waals surface area contributed by atoms with Crippen molar-refractivity contribution in [3.63, 3.8) is 0 Å². The standard InChI is InChI=1S/C34H42N8O6S/c1-34(2,3)48-33(45)41-17-22(18-41)47-28-23-9-5-6-10-26(23)49-29(28)31(43)38-21-8-7-12-39(16-21)25-14-24(42-27(25)30(35)36-19-37-42)20-11-13-40(15-20)32(44)46-4/h5-6,9-10,14,19-22H,7-8,11-13,15-18H2,1-4H3,(H,38,43)(H2,35,36,37)/t20?,21-/m1/s1. The number of nitrogens with zero attached hydrogens (tertiary/aromatic N) is 6. The quantitative estimate of drug-likeness (QED) is 0.296. The highest BCUT2D eigenvalue weighted by atomic mass is 32.1. The number of rotatable bonds is 6. The Morgan fingerprint density at radius 1 is 1.02 bits per heavy atom. The molecule has 0 radical (unpaired) electrons. The van der Waals surface area contributed by atoms with E-state index in [4.69, 9.17) is 19.9 Å². The molecule has 3 saturated heterocycles. The molecule has 1 unspecified atom stereocenters. The van der Waals surface area contributed by atoms with Crippen LogP contribution in [-0.4, -0.2) is 107 Å². The van der Waals surface area contributed by atoms with Gasteiger partial charge in [0.05, 0.1) is 31.6 Å².